The van der Waals surface area contributed by atoms with E-state index in [-0.39, 0.29) is 5.91 Å². The molecule has 0 saturated heterocycles. The Morgan fingerprint density at radius 3 is 2.48 bits per heavy atom. The second kappa shape index (κ2) is 7.90. The van der Waals surface area contributed by atoms with Gasteiger partial charge in [0.15, 0.2) is 0 Å². The smallest absolute Gasteiger partial charge is 0.258 e. The summed E-state index contributed by atoms with van der Waals surface area (Å²) >= 11 is 3.41. The van der Waals surface area contributed by atoms with E-state index in [0.717, 1.165) is 21.3 Å². The monoisotopic (exact) mass is 396 g/mol. The van der Waals surface area contributed by atoms with E-state index in [1.165, 1.54) is 12.4 Å². The van der Waals surface area contributed by atoms with Crippen molar-refractivity contribution in [1.82, 2.24) is 9.97 Å². The van der Waals surface area contributed by atoms with Crippen LogP contribution in [0.1, 0.15) is 21.5 Å². The van der Waals surface area contributed by atoms with Crippen LogP contribution in [0.5, 0.6) is 0 Å². The fraction of sp³-hybridized carbons (Fsp3) is 0.105. The molecule has 5 nitrogen and oxygen atoms in total. The van der Waals surface area contributed by atoms with Gasteiger partial charge in [-0.1, -0.05) is 46.3 Å². The number of carbonyl (C=O) groups is 1. The molecule has 0 atom stereocenters. The molecule has 6 heteroatoms. The van der Waals surface area contributed by atoms with E-state index in [4.69, 9.17) is 0 Å². The maximum atomic E-state index is 12.3. The topological polar surface area (TPSA) is 66.9 Å². The normalized spacial score (nSPS) is 10.3. The maximum absolute atomic E-state index is 12.3. The minimum atomic E-state index is -0.236. The van der Waals surface area contributed by atoms with Crippen molar-refractivity contribution >= 4 is 33.5 Å². The van der Waals surface area contributed by atoms with Crippen LogP contribution in [0.4, 0.5) is 11.6 Å². The molecular weight excluding hydrogens is 380 g/mol. The molecule has 0 bridgehead atoms. The van der Waals surface area contributed by atoms with Gasteiger partial charge in [-0.15, -0.1) is 0 Å². The van der Waals surface area contributed by atoms with E-state index in [1.54, 1.807) is 0 Å². The third kappa shape index (κ3) is 4.64. The Kier molecular flexibility index (Phi) is 5.40. The molecule has 3 rings (SSSR count). The Hall–Kier alpha value is -2.73. The zero-order valence-corrected chi connectivity index (χ0v) is 15.2. The predicted molar refractivity (Wildman–Crippen MR) is 103 cm³/mol. The van der Waals surface area contributed by atoms with Crippen molar-refractivity contribution < 1.29 is 4.79 Å². The molecule has 2 aromatic carbocycles. The molecule has 0 unspecified atom stereocenters. The lowest BCUT2D eigenvalue weighted by molar-refractivity contribution is 0.102. The molecule has 25 heavy (non-hydrogen) atoms. The number of benzene rings is 2. The Morgan fingerprint density at radius 2 is 1.80 bits per heavy atom. The van der Waals surface area contributed by atoms with Crippen LogP contribution >= 0.6 is 15.9 Å². The van der Waals surface area contributed by atoms with Gasteiger partial charge in [0.2, 0.25) is 5.95 Å². The number of hydrogen-bond acceptors (Lipinski definition) is 4. The van der Waals surface area contributed by atoms with Gasteiger partial charge in [-0.05, 0) is 36.2 Å². The summed E-state index contributed by atoms with van der Waals surface area (Å²) in [6, 6.07) is 15.7. The van der Waals surface area contributed by atoms with Crippen LogP contribution in [0, 0.1) is 6.92 Å². The SMILES string of the molecule is Cc1cc(Br)ccc1NC(=O)c1cnc(NCc2ccccc2)nc1. The minimum absolute atomic E-state index is 0.236. The van der Waals surface area contributed by atoms with E-state index in [2.05, 4.69) is 36.5 Å². The number of aryl methyl sites for hydroxylation is 1. The first-order valence-corrected chi connectivity index (χ1v) is 8.58. The Morgan fingerprint density at radius 1 is 1.08 bits per heavy atom. The third-order valence-electron chi connectivity index (χ3n) is 3.64. The van der Waals surface area contributed by atoms with E-state index in [1.807, 2.05) is 55.5 Å². The van der Waals surface area contributed by atoms with Crippen LogP contribution in [0.15, 0.2) is 65.4 Å². The molecule has 0 aliphatic heterocycles. The number of rotatable bonds is 5. The lowest BCUT2D eigenvalue weighted by Gasteiger charge is -2.09. The van der Waals surface area contributed by atoms with Gasteiger partial charge in [-0.2, -0.15) is 0 Å². The molecule has 1 aromatic heterocycles. The molecule has 1 amide bonds. The highest BCUT2D eigenvalue weighted by Gasteiger charge is 2.09. The second-order valence-electron chi connectivity index (χ2n) is 5.55. The summed E-state index contributed by atoms with van der Waals surface area (Å²) in [7, 11) is 0. The molecule has 0 radical (unpaired) electrons. The van der Waals surface area contributed by atoms with Crippen molar-refractivity contribution in [1.29, 1.82) is 0 Å². The van der Waals surface area contributed by atoms with Gasteiger partial charge < -0.3 is 10.6 Å². The minimum Gasteiger partial charge on any atom is -0.350 e. The molecular formula is C19H17BrN4O. The lowest BCUT2D eigenvalue weighted by Crippen LogP contribution is -2.14. The Balaban J connectivity index is 1.62. The summed E-state index contributed by atoms with van der Waals surface area (Å²) in [4.78, 5) is 20.7. The first-order chi connectivity index (χ1) is 12.1. The number of halogens is 1. The number of carbonyl (C=O) groups excluding carboxylic acids is 1. The molecule has 0 aliphatic rings. The van der Waals surface area contributed by atoms with E-state index >= 15 is 0 Å². The number of hydrogen-bond donors (Lipinski definition) is 2. The van der Waals surface area contributed by atoms with Crippen molar-refractivity contribution in [3.63, 3.8) is 0 Å². The van der Waals surface area contributed by atoms with Gasteiger partial charge in [0, 0.05) is 29.1 Å². The maximum Gasteiger partial charge on any atom is 0.258 e. The first kappa shape index (κ1) is 17.1. The summed E-state index contributed by atoms with van der Waals surface area (Å²) in [5, 5.41) is 6.00. The molecule has 1 heterocycles. The number of aromatic nitrogens is 2. The van der Waals surface area contributed by atoms with E-state index in [9.17, 15) is 4.79 Å². The van der Waals surface area contributed by atoms with Crippen LogP contribution in [-0.4, -0.2) is 15.9 Å². The Labute approximate surface area is 154 Å². The van der Waals surface area contributed by atoms with Gasteiger partial charge in [0.05, 0.1) is 5.56 Å². The average molecular weight is 397 g/mol. The van der Waals surface area contributed by atoms with Gasteiger partial charge in [0.25, 0.3) is 5.91 Å². The van der Waals surface area contributed by atoms with Crippen molar-refractivity contribution in [3.05, 3.63) is 82.1 Å². The Bertz CT molecular complexity index is 866. The van der Waals surface area contributed by atoms with Crippen LogP contribution in [0.3, 0.4) is 0 Å². The number of amides is 1. The van der Waals surface area contributed by atoms with E-state index < -0.39 is 0 Å². The summed E-state index contributed by atoms with van der Waals surface area (Å²) in [6.45, 7) is 2.57. The van der Waals surface area contributed by atoms with Gasteiger partial charge in [0.1, 0.15) is 0 Å². The summed E-state index contributed by atoms with van der Waals surface area (Å²) in [6.07, 6.45) is 3.04. The standard InChI is InChI=1S/C19H17BrN4O/c1-13-9-16(20)7-8-17(13)24-18(25)15-11-22-19(23-12-15)21-10-14-5-3-2-4-6-14/h2-9,11-12H,10H2,1H3,(H,24,25)(H,21,22,23). The van der Waals surface area contributed by atoms with Crippen molar-refractivity contribution in [2.24, 2.45) is 0 Å². The van der Waals surface area contributed by atoms with Crippen molar-refractivity contribution in [2.75, 3.05) is 10.6 Å². The first-order valence-electron chi connectivity index (χ1n) is 7.79. The zero-order valence-electron chi connectivity index (χ0n) is 13.7. The van der Waals surface area contributed by atoms with Crippen LogP contribution in [-0.2, 0) is 6.54 Å². The molecule has 0 spiro atoms. The molecule has 126 valence electrons. The second-order valence-corrected chi connectivity index (χ2v) is 6.46. The van der Waals surface area contributed by atoms with Crippen LogP contribution < -0.4 is 10.6 Å². The molecule has 3 aromatic rings. The van der Waals surface area contributed by atoms with Crippen LogP contribution in [0.25, 0.3) is 0 Å². The quantitative estimate of drug-likeness (QED) is 0.669. The lowest BCUT2D eigenvalue weighted by atomic mass is 10.2. The summed E-state index contributed by atoms with van der Waals surface area (Å²) in [5.41, 5.74) is 3.29. The van der Waals surface area contributed by atoms with Crippen LogP contribution in [0.2, 0.25) is 0 Å². The predicted octanol–water partition coefficient (Wildman–Crippen LogP) is 4.41. The largest absolute Gasteiger partial charge is 0.350 e. The highest BCUT2D eigenvalue weighted by Crippen LogP contribution is 2.20. The zero-order chi connectivity index (χ0) is 17.6. The molecule has 0 fully saturated rings. The molecule has 0 saturated carbocycles. The number of anilines is 2. The summed E-state index contributed by atoms with van der Waals surface area (Å²) < 4.78 is 0.972. The van der Waals surface area contributed by atoms with Crippen molar-refractivity contribution in [2.45, 2.75) is 13.5 Å². The highest BCUT2D eigenvalue weighted by molar-refractivity contribution is 9.10. The van der Waals surface area contributed by atoms with E-state index in [0.29, 0.717) is 18.1 Å². The fourth-order valence-corrected chi connectivity index (χ4v) is 2.75. The highest BCUT2D eigenvalue weighted by atomic mass is 79.9. The van der Waals surface area contributed by atoms with Crippen molar-refractivity contribution in [3.8, 4) is 0 Å². The average Bonchev–Trinajstić information content (AvgIpc) is 2.63. The number of nitrogens with one attached hydrogen (secondary N) is 2. The fourth-order valence-electron chi connectivity index (χ4n) is 2.28. The summed E-state index contributed by atoms with van der Waals surface area (Å²) in [5.74, 6) is 0.250. The third-order valence-corrected chi connectivity index (χ3v) is 4.14. The molecule has 0 aliphatic carbocycles. The van der Waals surface area contributed by atoms with Gasteiger partial charge in [-0.25, -0.2) is 9.97 Å². The number of nitrogens with zero attached hydrogens (tertiary/aromatic N) is 2. The molecule has 2 N–H and O–H groups in total. The van der Waals surface area contributed by atoms with Gasteiger partial charge >= 0.3 is 0 Å². The van der Waals surface area contributed by atoms with Gasteiger partial charge in [-0.3, -0.25) is 4.79 Å².